The number of nitrogens with zero attached hydrogens (tertiary/aromatic N) is 1. The average Bonchev–Trinajstić information content (AvgIpc) is 2.80. The number of hydrogen-bond donors (Lipinski definition) is 2. The van der Waals surface area contributed by atoms with E-state index >= 15 is 0 Å². The maximum absolute atomic E-state index is 11.9. The first-order chi connectivity index (χ1) is 16.6. The van der Waals surface area contributed by atoms with Crippen LogP contribution in [0.5, 0.6) is 0 Å². The van der Waals surface area contributed by atoms with Gasteiger partial charge in [-0.05, 0) is 89.5 Å². The first-order valence-electron chi connectivity index (χ1n) is 12.6. The van der Waals surface area contributed by atoms with E-state index in [0.29, 0.717) is 11.3 Å². The van der Waals surface area contributed by atoms with E-state index in [9.17, 15) is 13.0 Å². The summed E-state index contributed by atoms with van der Waals surface area (Å²) in [4.78, 5) is 13.4. The van der Waals surface area contributed by atoms with E-state index in [2.05, 4.69) is 4.98 Å². The number of hydrogen-bond acceptors (Lipinski definition) is 4. The molecule has 0 spiro atoms. The van der Waals surface area contributed by atoms with Crippen LogP contribution in [0.3, 0.4) is 0 Å². The van der Waals surface area contributed by atoms with Gasteiger partial charge in [0, 0.05) is 42.7 Å². The number of carbonyl (C=O) groups is 1. The van der Waals surface area contributed by atoms with Crippen LogP contribution in [-0.2, 0) is 31.4 Å². The van der Waals surface area contributed by atoms with Gasteiger partial charge in [0.05, 0.1) is 11.3 Å². The summed E-state index contributed by atoms with van der Waals surface area (Å²) in [5.74, 6) is -0.833. The van der Waals surface area contributed by atoms with E-state index in [1.54, 1.807) is 12.1 Å². The molecule has 2 aliphatic carbocycles. The van der Waals surface area contributed by atoms with Crippen LogP contribution in [0.25, 0.3) is 0 Å². The van der Waals surface area contributed by atoms with Crippen LogP contribution in [0, 0.1) is 13.8 Å². The molecule has 2 saturated carbocycles. The zero-order valence-electron chi connectivity index (χ0n) is 21.6. The molecule has 2 fully saturated rings. The van der Waals surface area contributed by atoms with Crippen molar-refractivity contribution in [3.05, 3.63) is 53.9 Å². The van der Waals surface area contributed by atoms with E-state index in [-0.39, 0.29) is 21.4 Å². The summed E-state index contributed by atoms with van der Waals surface area (Å²) in [6, 6.07) is 13.3. The molecule has 0 atom stereocenters. The van der Waals surface area contributed by atoms with Crippen molar-refractivity contribution < 1.29 is 39.4 Å². The van der Waals surface area contributed by atoms with Gasteiger partial charge in [0.1, 0.15) is 10.2 Å². The first kappa shape index (κ1) is 32.7. The van der Waals surface area contributed by atoms with Crippen molar-refractivity contribution in [2.75, 3.05) is 0 Å². The minimum absolute atomic E-state index is 0. The largest absolute Gasteiger partial charge is 0.481 e. The van der Waals surface area contributed by atoms with Crippen molar-refractivity contribution >= 4 is 29.3 Å². The fraction of sp³-hybridized carbons (Fsp3) is 0.556. The van der Waals surface area contributed by atoms with Crippen molar-refractivity contribution in [2.45, 2.75) is 101 Å². The number of aryl methyl sites for hydroxylation is 2. The summed E-state index contributed by atoms with van der Waals surface area (Å²) in [5, 5.41) is 8.39. The number of aromatic nitrogens is 1. The monoisotopic (exact) mass is 580 g/mol. The Balaban J connectivity index is 0.000000414. The second-order valence-corrected chi connectivity index (χ2v) is 14.0. The van der Waals surface area contributed by atoms with Gasteiger partial charge >= 0.3 is 0 Å². The zero-order chi connectivity index (χ0) is 25.8. The van der Waals surface area contributed by atoms with E-state index in [1.807, 2.05) is 44.2 Å². The summed E-state index contributed by atoms with van der Waals surface area (Å²) in [6.45, 7) is 5.07. The molecule has 1 aromatic carbocycles. The van der Waals surface area contributed by atoms with Crippen LogP contribution in [0.1, 0.15) is 82.5 Å². The van der Waals surface area contributed by atoms with E-state index in [4.69, 9.17) is 9.90 Å². The van der Waals surface area contributed by atoms with E-state index < -0.39 is 24.0 Å². The fourth-order valence-corrected chi connectivity index (χ4v) is 10.8. The van der Waals surface area contributed by atoms with Gasteiger partial charge in [-0.1, -0.05) is 31.0 Å². The molecular formula is C27H41NNiO5PS+. The molecule has 0 aliphatic heterocycles. The van der Waals surface area contributed by atoms with Gasteiger partial charge in [-0.3, -0.25) is 14.3 Å². The Morgan fingerprint density at radius 3 is 1.61 bits per heavy atom. The molecule has 6 nitrogen and oxygen atoms in total. The molecule has 36 heavy (non-hydrogen) atoms. The Bertz CT molecular complexity index is 999. The second-order valence-electron chi connectivity index (χ2n) is 9.54. The SMILES string of the molecule is CC(=O)O.Cc1cccc(C)n1.O=S(=O)(O)c1ccccc1[PH+](C1CCCCC1)C1CCCCC1.[Ni]. The van der Waals surface area contributed by atoms with Crippen molar-refractivity contribution in [2.24, 2.45) is 0 Å². The van der Waals surface area contributed by atoms with E-state index in [0.717, 1.165) is 23.6 Å². The summed E-state index contributed by atoms with van der Waals surface area (Å²) < 4.78 is 33.5. The number of rotatable bonds is 4. The standard InChI is InChI=1S/C18H27O3PS.C7H9N.C2H4O2.Ni/c19-23(20,21)18-14-8-7-13-17(18)22(15-9-3-1-4-10-15)16-11-5-2-6-12-16;1-6-4-3-5-7(2)8-6;1-2(3)4;/h7-8,13-16H,1-6,9-12H2,(H,19,20,21);3-5H,1-2H3;1H3,(H,3,4);/p+1. The molecule has 0 amide bonds. The van der Waals surface area contributed by atoms with Crippen molar-refractivity contribution in [1.82, 2.24) is 4.98 Å². The summed E-state index contributed by atoms with van der Waals surface area (Å²) >= 11 is 0. The Labute approximate surface area is 228 Å². The molecule has 9 heteroatoms. The van der Waals surface area contributed by atoms with Gasteiger partial charge in [0.25, 0.3) is 16.1 Å². The molecular weight excluding hydrogens is 540 g/mol. The third kappa shape index (κ3) is 11.4. The summed E-state index contributed by atoms with van der Waals surface area (Å²) in [7, 11) is -5.11. The van der Waals surface area contributed by atoms with Crippen LogP contribution in [0.15, 0.2) is 47.4 Å². The van der Waals surface area contributed by atoms with Crippen LogP contribution in [0.2, 0.25) is 0 Å². The summed E-state index contributed by atoms with van der Waals surface area (Å²) in [6.07, 6.45) is 12.7. The topological polar surface area (TPSA) is 105 Å². The number of carboxylic acid groups (broad SMARTS) is 1. The molecule has 0 bridgehead atoms. The van der Waals surface area contributed by atoms with Gasteiger partial charge in [0.15, 0.2) is 0 Å². The van der Waals surface area contributed by atoms with Crippen LogP contribution >= 0.6 is 7.92 Å². The smallest absolute Gasteiger partial charge is 0.300 e. The Hall–Kier alpha value is -1.33. The predicted octanol–water partition coefficient (Wildman–Crippen LogP) is 6.23. The molecule has 2 aliphatic rings. The number of carboxylic acids is 1. The van der Waals surface area contributed by atoms with Crippen molar-refractivity contribution in [1.29, 1.82) is 0 Å². The maximum atomic E-state index is 11.9. The Morgan fingerprint density at radius 1 is 0.833 bits per heavy atom. The first-order valence-corrected chi connectivity index (χ1v) is 15.7. The maximum Gasteiger partial charge on any atom is 0.300 e. The van der Waals surface area contributed by atoms with Crippen molar-refractivity contribution in [3.8, 4) is 0 Å². The minimum atomic E-state index is -4.13. The molecule has 0 saturated heterocycles. The molecule has 2 aromatic rings. The zero-order valence-corrected chi connectivity index (χ0v) is 24.4. The second kappa shape index (κ2) is 16.5. The number of aliphatic carboxylic acids is 1. The average molecular weight is 581 g/mol. The van der Waals surface area contributed by atoms with Crippen molar-refractivity contribution in [3.63, 3.8) is 0 Å². The molecule has 0 unspecified atom stereocenters. The molecule has 1 aromatic heterocycles. The molecule has 2 N–H and O–H groups in total. The van der Waals surface area contributed by atoms with Crippen LogP contribution in [-0.4, -0.2) is 40.3 Å². The van der Waals surface area contributed by atoms with Gasteiger partial charge in [-0.25, -0.2) is 0 Å². The van der Waals surface area contributed by atoms with Gasteiger partial charge < -0.3 is 5.11 Å². The van der Waals surface area contributed by atoms with Gasteiger partial charge in [-0.2, -0.15) is 8.42 Å². The Morgan fingerprint density at radius 2 is 1.25 bits per heavy atom. The van der Waals surface area contributed by atoms with Gasteiger partial charge in [-0.15, -0.1) is 0 Å². The van der Waals surface area contributed by atoms with Gasteiger partial charge in [0.2, 0.25) is 0 Å². The molecule has 204 valence electrons. The Kier molecular flexibility index (Phi) is 15.0. The quantitative estimate of drug-likeness (QED) is 0.252. The number of pyridine rings is 1. The fourth-order valence-electron chi connectivity index (χ4n) is 5.21. The molecule has 0 radical (unpaired) electrons. The normalized spacial score (nSPS) is 16.6. The third-order valence-electron chi connectivity index (χ3n) is 6.59. The van der Waals surface area contributed by atoms with Crippen LogP contribution < -0.4 is 5.30 Å². The van der Waals surface area contributed by atoms with E-state index in [1.165, 1.54) is 64.2 Å². The molecule has 1 heterocycles. The summed E-state index contributed by atoms with van der Waals surface area (Å²) in [5.41, 5.74) is 3.51. The predicted molar refractivity (Wildman–Crippen MR) is 145 cm³/mol. The number of benzene rings is 1. The van der Waals surface area contributed by atoms with Crippen LogP contribution in [0.4, 0.5) is 0 Å². The third-order valence-corrected chi connectivity index (χ3v) is 11.7. The molecule has 4 rings (SSSR count). The minimum Gasteiger partial charge on any atom is -0.481 e.